The van der Waals surface area contributed by atoms with Gasteiger partial charge in [-0.25, -0.2) is 0 Å². The molecule has 0 amide bonds. The molecule has 0 aromatic heterocycles. The van der Waals surface area contributed by atoms with Crippen LogP contribution >= 0.6 is 0 Å². The van der Waals surface area contributed by atoms with Crippen LogP contribution < -0.4 is 5.32 Å². The van der Waals surface area contributed by atoms with E-state index in [0.29, 0.717) is 0 Å². The van der Waals surface area contributed by atoms with Crippen molar-refractivity contribution in [3.05, 3.63) is 35.2 Å². The first-order chi connectivity index (χ1) is 6.95. The molecule has 0 aromatic rings. The van der Waals surface area contributed by atoms with Gasteiger partial charge in [0.25, 0.3) is 0 Å². The molecule has 1 aliphatic carbocycles. The predicted octanol–water partition coefficient (Wildman–Crippen LogP) is 2.17. The Morgan fingerprint density at radius 3 is 3.36 bits per heavy atom. The predicted molar refractivity (Wildman–Crippen MR) is 58.1 cm³/mol. The van der Waals surface area contributed by atoms with Crippen LogP contribution in [0.25, 0.3) is 0 Å². The van der Waals surface area contributed by atoms with Crippen LogP contribution in [0.4, 0.5) is 0 Å². The van der Waals surface area contributed by atoms with Crippen molar-refractivity contribution in [3.8, 4) is 0 Å². The van der Waals surface area contributed by atoms with Gasteiger partial charge in [0.05, 0.1) is 0 Å². The summed E-state index contributed by atoms with van der Waals surface area (Å²) in [6, 6.07) is 0. The Bertz CT molecular complexity index is 372. The minimum absolute atomic E-state index is 0.782. The highest BCUT2D eigenvalue weighted by atomic mass is 14.9. The van der Waals surface area contributed by atoms with Crippen LogP contribution in [0, 0.1) is 5.92 Å². The van der Waals surface area contributed by atoms with Crippen LogP contribution in [0.5, 0.6) is 0 Å². The average Bonchev–Trinajstić information content (AvgIpc) is 2.55. The van der Waals surface area contributed by atoms with Crippen LogP contribution in [-0.4, -0.2) is 12.8 Å². The molecular formula is C12H14N2. The zero-order valence-corrected chi connectivity index (χ0v) is 8.16. The molecule has 1 unspecified atom stereocenters. The number of hydrogen-bond donors (Lipinski definition) is 1. The third-order valence-electron chi connectivity index (χ3n) is 3.30. The Labute approximate surface area is 84.1 Å². The maximum Gasteiger partial charge on any atom is 0.0274 e. The zero-order valence-electron chi connectivity index (χ0n) is 8.16. The maximum atomic E-state index is 4.17. The highest BCUT2D eigenvalue weighted by molar-refractivity contribution is 5.76. The van der Waals surface area contributed by atoms with Crippen LogP contribution in [0.1, 0.15) is 19.3 Å². The quantitative estimate of drug-likeness (QED) is 0.616. The Balaban J connectivity index is 2.11. The number of hydrogen-bond acceptors (Lipinski definition) is 2. The van der Waals surface area contributed by atoms with Crippen LogP contribution in [0.2, 0.25) is 0 Å². The summed E-state index contributed by atoms with van der Waals surface area (Å²) >= 11 is 0. The van der Waals surface area contributed by atoms with Gasteiger partial charge in [0, 0.05) is 30.6 Å². The van der Waals surface area contributed by atoms with Crippen molar-refractivity contribution >= 4 is 6.21 Å². The van der Waals surface area contributed by atoms with Gasteiger partial charge in [-0.3, -0.25) is 4.99 Å². The third-order valence-corrected chi connectivity index (χ3v) is 3.30. The van der Waals surface area contributed by atoms with Gasteiger partial charge in [-0.15, -0.1) is 0 Å². The Morgan fingerprint density at radius 2 is 2.36 bits per heavy atom. The van der Waals surface area contributed by atoms with Gasteiger partial charge >= 0.3 is 0 Å². The SMILES string of the molecule is C1=CC2=C3NCCC3CCC2=CC=N1. The highest BCUT2D eigenvalue weighted by Crippen LogP contribution is 2.37. The number of rotatable bonds is 0. The van der Waals surface area contributed by atoms with Gasteiger partial charge in [-0.1, -0.05) is 0 Å². The van der Waals surface area contributed by atoms with Crippen LogP contribution in [0.15, 0.2) is 40.2 Å². The van der Waals surface area contributed by atoms with Gasteiger partial charge in [-0.05, 0) is 42.6 Å². The molecule has 1 N–H and O–H groups in total. The highest BCUT2D eigenvalue weighted by Gasteiger charge is 2.28. The number of aliphatic imine (C=N–C) groups is 1. The summed E-state index contributed by atoms with van der Waals surface area (Å²) in [6.45, 7) is 1.14. The summed E-state index contributed by atoms with van der Waals surface area (Å²) in [5.41, 5.74) is 4.31. The molecule has 1 fully saturated rings. The van der Waals surface area contributed by atoms with E-state index < -0.39 is 0 Å². The van der Waals surface area contributed by atoms with Gasteiger partial charge in [0.1, 0.15) is 0 Å². The molecule has 2 aliphatic heterocycles. The second-order valence-corrected chi connectivity index (χ2v) is 4.08. The fourth-order valence-electron chi connectivity index (χ4n) is 2.58. The molecule has 2 heteroatoms. The molecule has 0 saturated carbocycles. The summed E-state index contributed by atoms with van der Waals surface area (Å²) in [6.07, 6.45) is 11.9. The second kappa shape index (κ2) is 3.12. The molecule has 72 valence electrons. The van der Waals surface area contributed by atoms with E-state index >= 15 is 0 Å². The van der Waals surface area contributed by atoms with Crippen LogP contribution in [0.3, 0.4) is 0 Å². The van der Waals surface area contributed by atoms with E-state index in [4.69, 9.17) is 0 Å². The first kappa shape index (κ1) is 8.04. The van der Waals surface area contributed by atoms with E-state index in [2.05, 4.69) is 22.5 Å². The lowest BCUT2D eigenvalue weighted by molar-refractivity contribution is 0.561. The molecule has 0 spiro atoms. The van der Waals surface area contributed by atoms with Gasteiger partial charge in [-0.2, -0.15) is 0 Å². The summed E-state index contributed by atoms with van der Waals surface area (Å²) in [5, 5.41) is 3.52. The lowest BCUT2D eigenvalue weighted by atomic mass is 9.84. The van der Waals surface area contributed by atoms with E-state index in [0.717, 1.165) is 12.5 Å². The molecule has 1 atom stereocenters. The number of nitrogens with one attached hydrogen (secondary N) is 1. The van der Waals surface area contributed by atoms with Crippen molar-refractivity contribution in [1.29, 1.82) is 0 Å². The van der Waals surface area contributed by atoms with Crippen molar-refractivity contribution in [2.75, 3.05) is 6.54 Å². The Kier molecular flexibility index (Phi) is 1.79. The van der Waals surface area contributed by atoms with E-state index in [-0.39, 0.29) is 0 Å². The molecule has 0 aromatic carbocycles. The Hall–Kier alpha value is -1.31. The van der Waals surface area contributed by atoms with Crippen LogP contribution in [-0.2, 0) is 0 Å². The number of nitrogens with zero attached hydrogens (tertiary/aromatic N) is 1. The minimum Gasteiger partial charge on any atom is -0.388 e. The van der Waals surface area contributed by atoms with Crippen molar-refractivity contribution < 1.29 is 0 Å². The molecule has 1 saturated heterocycles. The van der Waals surface area contributed by atoms with Gasteiger partial charge in [0.15, 0.2) is 0 Å². The molecule has 0 bridgehead atoms. The first-order valence-electron chi connectivity index (χ1n) is 5.32. The molecule has 14 heavy (non-hydrogen) atoms. The maximum absolute atomic E-state index is 4.17. The summed E-state index contributed by atoms with van der Waals surface area (Å²) < 4.78 is 0. The van der Waals surface area contributed by atoms with Crippen molar-refractivity contribution in [1.82, 2.24) is 5.32 Å². The number of allylic oxidation sites excluding steroid dienone is 5. The number of fused-ring (bicyclic) bond motifs is 2. The van der Waals surface area contributed by atoms with E-state index in [9.17, 15) is 0 Å². The summed E-state index contributed by atoms with van der Waals surface area (Å²) in [5.74, 6) is 0.782. The fraction of sp³-hybridized carbons (Fsp3) is 0.417. The lowest BCUT2D eigenvalue weighted by Crippen LogP contribution is -2.15. The minimum atomic E-state index is 0.782. The molecule has 2 nitrogen and oxygen atoms in total. The monoisotopic (exact) mass is 186 g/mol. The first-order valence-corrected chi connectivity index (χ1v) is 5.32. The van der Waals surface area contributed by atoms with Crippen molar-refractivity contribution in [2.45, 2.75) is 19.3 Å². The summed E-state index contributed by atoms with van der Waals surface area (Å²) in [4.78, 5) is 4.17. The molecule has 0 radical (unpaired) electrons. The molecule has 3 rings (SSSR count). The Morgan fingerprint density at radius 1 is 1.36 bits per heavy atom. The van der Waals surface area contributed by atoms with E-state index in [1.54, 1.807) is 0 Å². The van der Waals surface area contributed by atoms with Gasteiger partial charge < -0.3 is 5.32 Å². The average molecular weight is 186 g/mol. The standard InChI is InChI=1S/C12H14N2/c1-2-10-4-8-14-12(10)11-5-7-13-6-3-9(1)11/h3,5-7,10,14H,1-2,4,8H2. The molecule has 2 heterocycles. The van der Waals surface area contributed by atoms with E-state index in [1.807, 2.05) is 12.4 Å². The molecule has 3 aliphatic rings. The molecular weight excluding hydrogens is 172 g/mol. The third kappa shape index (κ3) is 1.14. The normalized spacial score (nSPS) is 29.1. The zero-order chi connectivity index (χ0) is 9.38. The van der Waals surface area contributed by atoms with Gasteiger partial charge in [0.2, 0.25) is 0 Å². The van der Waals surface area contributed by atoms with Crippen molar-refractivity contribution in [2.24, 2.45) is 10.9 Å². The van der Waals surface area contributed by atoms with E-state index in [1.165, 1.54) is 36.1 Å². The summed E-state index contributed by atoms with van der Waals surface area (Å²) in [7, 11) is 0. The lowest BCUT2D eigenvalue weighted by Gasteiger charge is -2.23. The fourth-order valence-corrected chi connectivity index (χ4v) is 2.58. The van der Waals surface area contributed by atoms with Crippen molar-refractivity contribution in [3.63, 3.8) is 0 Å². The largest absolute Gasteiger partial charge is 0.388 e. The smallest absolute Gasteiger partial charge is 0.0274 e. The topological polar surface area (TPSA) is 24.4 Å². The second-order valence-electron chi connectivity index (χ2n) is 4.08.